The quantitative estimate of drug-likeness (QED) is 0.693. The number of hydrogen-bond donors (Lipinski definition) is 0. The van der Waals surface area contributed by atoms with Crippen LogP contribution in [0.4, 0.5) is 0 Å². The molecule has 1 atom stereocenters. The Bertz CT molecular complexity index is 414. The van der Waals surface area contributed by atoms with Gasteiger partial charge in [0.2, 0.25) is 0 Å². The Morgan fingerprint density at radius 2 is 2.00 bits per heavy atom. The van der Waals surface area contributed by atoms with Crippen LogP contribution in [0.2, 0.25) is 0 Å². The third kappa shape index (κ3) is 3.16. The molecule has 0 amide bonds. The Morgan fingerprint density at radius 1 is 1.18 bits per heavy atom. The van der Waals surface area contributed by atoms with Crippen LogP contribution in [0.5, 0.6) is 0 Å². The highest BCUT2D eigenvalue weighted by Gasteiger charge is 2.15. The van der Waals surface area contributed by atoms with E-state index in [0.29, 0.717) is 12.3 Å². The SMILES string of the molecule is O=CCCC(C1=CCCC=C1)c1ccccc1. The maximum atomic E-state index is 10.6. The topological polar surface area (TPSA) is 17.1 Å². The van der Waals surface area contributed by atoms with Gasteiger partial charge in [-0.1, -0.05) is 48.6 Å². The van der Waals surface area contributed by atoms with Gasteiger partial charge in [0.05, 0.1) is 0 Å². The molecule has 88 valence electrons. The van der Waals surface area contributed by atoms with Gasteiger partial charge in [0.15, 0.2) is 0 Å². The molecule has 0 aromatic heterocycles. The fourth-order valence-electron chi connectivity index (χ4n) is 2.34. The summed E-state index contributed by atoms with van der Waals surface area (Å²) in [6.07, 6.45) is 11.6. The molecule has 17 heavy (non-hydrogen) atoms. The number of benzene rings is 1. The van der Waals surface area contributed by atoms with Gasteiger partial charge in [0.1, 0.15) is 6.29 Å². The summed E-state index contributed by atoms with van der Waals surface area (Å²) in [6, 6.07) is 10.5. The standard InChI is InChI=1S/C16H18O/c17-13-7-12-16(14-8-3-1-4-9-14)15-10-5-2-6-11-15/h1,3-5,8-11,13,16H,2,6-7,12H2. The van der Waals surface area contributed by atoms with E-state index in [9.17, 15) is 4.79 Å². The predicted octanol–water partition coefficient (Wildman–Crippen LogP) is 4.03. The fraction of sp³-hybridized carbons (Fsp3) is 0.312. The molecule has 1 nitrogen and oxygen atoms in total. The van der Waals surface area contributed by atoms with Crippen molar-refractivity contribution in [2.45, 2.75) is 31.6 Å². The molecule has 1 aromatic rings. The molecule has 1 aliphatic rings. The number of aldehydes is 1. The lowest BCUT2D eigenvalue weighted by Crippen LogP contribution is -2.03. The van der Waals surface area contributed by atoms with Crippen molar-refractivity contribution in [3.05, 3.63) is 59.7 Å². The lowest BCUT2D eigenvalue weighted by Gasteiger charge is -2.20. The molecule has 1 aliphatic carbocycles. The molecule has 2 rings (SSSR count). The van der Waals surface area contributed by atoms with Gasteiger partial charge in [-0.2, -0.15) is 0 Å². The lowest BCUT2D eigenvalue weighted by molar-refractivity contribution is -0.107. The zero-order valence-electron chi connectivity index (χ0n) is 10.0. The molecule has 0 N–H and O–H groups in total. The molecule has 0 spiro atoms. The van der Waals surface area contributed by atoms with Gasteiger partial charge in [-0.25, -0.2) is 0 Å². The molecule has 0 saturated carbocycles. The molecule has 1 unspecified atom stereocenters. The number of allylic oxidation sites excluding steroid dienone is 4. The van der Waals surface area contributed by atoms with Gasteiger partial charge in [0, 0.05) is 12.3 Å². The first-order chi connectivity index (χ1) is 8.42. The van der Waals surface area contributed by atoms with E-state index in [1.165, 1.54) is 11.1 Å². The molecular weight excluding hydrogens is 208 g/mol. The molecule has 0 aliphatic heterocycles. The van der Waals surface area contributed by atoms with E-state index in [1.54, 1.807) is 0 Å². The van der Waals surface area contributed by atoms with E-state index < -0.39 is 0 Å². The van der Waals surface area contributed by atoms with Gasteiger partial charge in [-0.3, -0.25) is 0 Å². The molecule has 0 saturated heterocycles. The van der Waals surface area contributed by atoms with Crippen molar-refractivity contribution in [3.8, 4) is 0 Å². The first-order valence-corrected chi connectivity index (χ1v) is 6.27. The lowest BCUT2D eigenvalue weighted by atomic mass is 9.85. The summed E-state index contributed by atoms with van der Waals surface area (Å²) in [5, 5.41) is 0. The normalized spacial score (nSPS) is 16.4. The van der Waals surface area contributed by atoms with Crippen molar-refractivity contribution >= 4 is 6.29 Å². The molecule has 1 aromatic carbocycles. The second-order valence-electron chi connectivity index (χ2n) is 4.39. The maximum absolute atomic E-state index is 10.6. The van der Waals surface area contributed by atoms with E-state index in [-0.39, 0.29) is 0 Å². The second-order valence-corrected chi connectivity index (χ2v) is 4.39. The predicted molar refractivity (Wildman–Crippen MR) is 70.9 cm³/mol. The van der Waals surface area contributed by atoms with Crippen LogP contribution in [0.15, 0.2) is 54.1 Å². The van der Waals surface area contributed by atoms with Crippen molar-refractivity contribution in [1.29, 1.82) is 0 Å². The minimum Gasteiger partial charge on any atom is -0.303 e. The largest absolute Gasteiger partial charge is 0.303 e. The van der Waals surface area contributed by atoms with Gasteiger partial charge >= 0.3 is 0 Å². The highest BCUT2D eigenvalue weighted by Crippen LogP contribution is 2.31. The first-order valence-electron chi connectivity index (χ1n) is 6.27. The van der Waals surface area contributed by atoms with Crippen LogP contribution in [0.3, 0.4) is 0 Å². The Hall–Kier alpha value is -1.63. The van der Waals surface area contributed by atoms with Crippen LogP contribution in [-0.2, 0) is 4.79 Å². The van der Waals surface area contributed by atoms with E-state index >= 15 is 0 Å². The van der Waals surface area contributed by atoms with Gasteiger partial charge < -0.3 is 4.79 Å². The fourth-order valence-corrected chi connectivity index (χ4v) is 2.34. The average Bonchev–Trinajstić information content (AvgIpc) is 2.42. The zero-order valence-corrected chi connectivity index (χ0v) is 10.0. The maximum Gasteiger partial charge on any atom is 0.120 e. The summed E-state index contributed by atoms with van der Waals surface area (Å²) in [5.41, 5.74) is 2.68. The minimum absolute atomic E-state index is 0.373. The average molecular weight is 226 g/mol. The van der Waals surface area contributed by atoms with Crippen molar-refractivity contribution in [3.63, 3.8) is 0 Å². The van der Waals surface area contributed by atoms with E-state index in [2.05, 4.69) is 42.5 Å². The molecule has 0 fully saturated rings. The van der Waals surface area contributed by atoms with Crippen molar-refractivity contribution < 1.29 is 4.79 Å². The first kappa shape index (κ1) is 11.8. The molecule has 0 bridgehead atoms. The Morgan fingerprint density at radius 3 is 2.65 bits per heavy atom. The van der Waals surface area contributed by atoms with Gasteiger partial charge in [0.25, 0.3) is 0 Å². The van der Waals surface area contributed by atoms with Crippen LogP contribution < -0.4 is 0 Å². The van der Waals surface area contributed by atoms with Crippen molar-refractivity contribution in [2.75, 3.05) is 0 Å². The summed E-state index contributed by atoms with van der Waals surface area (Å²) in [4.78, 5) is 10.6. The molecule has 0 radical (unpaired) electrons. The summed E-state index contributed by atoms with van der Waals surface area (Å²) in [7, 11) is 0. The zero-order chi connectivity index (χ0) is 11.9. The third-order valence-corrected chi connectivity index (χ3v) is 3.20. The number of carbonyl (C=O) groups is 1. The van der Waals surface area contributed by atoms with Gasteiger partial charge in [-0.15, -0.1) is 0 Å². The highest BCUT2D eigenvalue weighted by atomic mass is 16.1. The van der Waals surface area contributed by atoms with Crippen LogP contribution in [0.1, 0.15) is 37.2 Å². The van der Waals surface area contributed by atoms with Crippen molar-refractivity contribution in [1.82, 2.24) is 0 Å². The summed E-state index contributed by atoms with van der Waals surface area (Å²) in [5.74, 6) is 0.373. The summed E-state index contributed by atoms with van der Waals surface area (Å²) >= 11 is 0. The Balaban J connectivity index is 2.21. The van der Waals surface area contributed by atoms with E-state index in [0.717, 1.165) is 25.5 Å². The molecular formula is C16H18O. The summed E-state index contributed by atoms with van der Waals surface area (Å²) in [6.45, 7) is 0. The van der Waals surface area contributed by atoms with Crippen LogP contribution >= 0.6 is 0 Å². The van der Waals surface area contributed by atoms with E-state index in [4.69, 9.17) is 0 Å². The Kier molecular flexibility index (Phi) is 4.31. The third-order valence-electron chi connectivity index (χ3n) is 3.20. The van der Waals surface area contributed by atoms with Crippen LogP contribution in [0.25, 0.3) is 0 Å². The minimum atomic E-state index is 0.373. The number of carbonyl (C=O) groups excluding carboxylic acids is 1. The van der Waals surface area contributed by atoms with Gasteiger partial charge in [-0.05, 0) is 30.4 Å². The highest BCUT2D eigenvalue weighted by molar-refractivity contribution is 5.50. The van der Waals surface area contributed by atoms with Crippen molar-refractivity contribution in [2.24, 2.45) is 0 Å². The monoisotopic (exact) mass is 226 g/mol. The number of rotatable bonds is 5. The summed E-state index contributed by atoms with van der Waals surface area (Å²) < 4.78 is 0. The number of hydrogen-bond acceptors (Lipinski definition) is 1. The molecule has 1 heteroatoms. The van der Waals surface area contributed by atoms with Crippen LogP contribution in [0, 0.1) is 0 Å². The van der Waals surface area contributed by atoms with Crippen LogP contribution in [-0.4, -0.2) is 6.29 Å². The van der Waals surface area contributed by atoms with E-state index in [1.807, 2.05) is 6.07 Å². The molecule has 0 heterocycles. The second kappa shape index (κ2) is 6.19. The smallest absolute Gasteiger partial charge is 0.120 e. The Labute approximate surface area is 103 Å².